The number of esters is 1. The molecule has 0 radical (unpaired) electrons. The molecule has 0 aromatic rings. The number of aliphatic hydroxyl groups is 3. The fourth-order valence-electron chi connectivity index (χ4n) is 5.29. The summed E-state index contributed by atoms with van der Waals surface area (Å²) in [6, 6.07) is 0. The summed E-state index contributed by atoms with van der Waals surface area (Å²) in [6.45, 7) is 3.81. The van der Waals surface area contributed by atoms with Crippen LogP contribution in [0.25, 0.3) is 0 Å². The molecule has 1 aliphatic rings. The van der Waals surface area contributed by atoms with E-state index in [9.17, 15) is 28.5 Å². The summed E-state index contributed by atoms with van der Waals surface area (Å²) in [5.41, 5.74) is 0. The number of carbonyl (C=O) groups is 1. The number of unbranched alkanes of at least 4 members (excludes halogenated alkanes) is 13. The van der Waals surface area contributed by atoms with E-state index in [0.717, 1.165) is 64.2 Å². The molecule has 12 nitrogen and oxygen atoms in total. The van der Waals surface area contributed by atoms with Crippen molar-refractivity contribution >= 4 is 16.4 Å². The van der Waals surface area contributed by atoms with Gasteiger partial charge in [-0.1, -0.05) is 102 Å². The molecule has 1 saturated heterocycles. The smallest absolute Gasteiger partial charge is 0.397 e. The Morgan fingerprint density at radius 1 is 0.792 bits per heavy atom. The molecule has 6 atom stereocenters. The van der Waals surface area contributed by atoms with Crippen LogP contribution in [0.2, 0.25) is 0 Å². The first kappa shape index (κ1) is 44.6. The van der Waals surface area contributed by atoms with Gasteiger partial charge in [0.1, 0.15) is 30.5 Å². The number of hydrogen-bond acceptors (Lipinski definition) is 11. The van der Waals surface area contributed by atoms with Crippen molar-refractivity contribution in [1.29, 1.82) is 0 Å². The molecule has 1 heterocycles. The van der Waals surface area contributed by atoms with Gasteiger partial charge in [0, 0.05) is 13.0 Å². The fraction of sp³-hybridized carbons (Fsp3) is 0.857. The highest BCUT2D eigenvalue weighted by molar-refractivity contribution is 7.80. The van der Waals surface area contributed by atoms with Crippen LogP contribution in [0.15, 0.2) is 24.3 Å². The third-order valence-electron chi connectivity index (χ3n) is 8.08. The maximum absolute atomic E-state index is 12.5. The van der Waals surface area contributed by atoms with Gasteiger partial charge in [0.2, 0.25) is 0 Å². The third-order valence-corrected chi connectivity index (χ3v) is 8.54. The number of rotatable bonds is 30. The van der Waals surface area contributed by atoms with Crippen LogP contribution in [-0.4, -0.2) is 97.5 Å². The van der Waals surface area contributed by atoms with Gasteiger partial charge in [-0.2, -0.15) is 8.42 Å². The van der Waals surface area contributed by atoms with Crippen LogP contribution in [-0.2, 0) is 38.3 Å². The topological polar surface area (TPSA) is 178 Å². The van der Waals surface area contributed by atoms with Crippen molar-refractivity contribution in [3.05, 3.63) is 24.3 Å². The molecule has 0 aliphatic carbocycles. The highest BCUT2D eigenvalue weighted by Crippen LogP contribution is 2.26. The van der Waals surface area contributed by atoms with Crippen LogP contribution in [0, 0.1) is 0 Å². The highest BCUT2D eigenvalue weighted by atomic mass is 32.3. The predicted molar refractivity (Wildman–Crippen MR) is 184 cm³/mol. The summed E-state index contributed by atoms with van der Waals surface area (Å²) in [4.78, 5) is 12.5. The lowest BCUT2D eigenvalue weighted by atomic mass is 9.99. The minimum Gasteiger partial charge on any atom is -0.457 e. The molecular formula is C35H64O12S. The first-order valence-electron chi connectivity index (χ1n) is 18.1. The molecule has 13 heteroatoms. The van der Waals surface area contributed by atoms with E-state index in [1.165, 1.54) is 38.5 Å². The normalized spacial score (nSPS) is 22.5. The van der Waals surface area contributed by atoms with Crippen molar-refractivity contribution in [2.75, 3.05) is 26.4 Å². The zero-order valence-corrected chi connectivity index (χ0v) is 30.1. The van der Waals surface area contributed by atoms with Crippen LogP contribution in [0.4, 0.5) is 0 Å². The van der Waals surface area contributed by atoms with Crippen LogP contribution >= 0.6 is 0 Å². The number of ether oxygens (including phenoxy) is 4. The van der Waals surface area contributed by atoms with Gasteiger partial charge in [0.05, 0.1) is 19.8 Å². The first-order valence-corrected chi connectivity index (χ1v) is 19.5. The van der Waals surface area contributed by atoms with Crippen LogP contribution in [0.5, 0.6) is 0 Å². The van der Waals surface area contributed by atoms with Gasteiger partial charge in [-0.25, -0.2) is 4.18 Å². The van der Waals surface area contributed by atoms with Crippen LogP contribution in [0.1, 0.15) is 129 Å². The van der Waals surface area contributed by atoms with E-state index in [2.05, 4.69) is 42.3 Å². The summed E-state index contributed by atoms with van der Waals surface area (Å²) >= 11 is 0. The SMILES string of the molecule is CCCCC/C=C\C/C=C\CCCCCCCCOCC(COC1OC(CO)C(O)C(OS(=O)(=O)O)C1O)OC(=O)CCCCCCC. The average Bonchev–Trinajstić information content (AvgIpc) is 3.05. The second-order valence-corrected chi connectivity index (χ2v) is 13.5. The number of carbonyl (C=O) groups excluding carboxylic acids is 1. The molecule has 48 heavy (non-hydrogen) atoms. The first-order chi connectivity index (χ1) is 23.1. The Kier molecular flexibility index (Phi) is 26.3. The molecule has 0 amide bonds. The quantitative estimate of drug-likeness (QED) is 0.0309. The van der Waals surface area contributed by atoms with Gasteiger partial charge in [0.25, 0.3) is 0 Å². The molecule has 4 N–H and O–H groups in total. The standard InChI is InChI=1S/C35H64O12S/c1-3-5-7-9-10-11-12-13-14-15-16-17-18-19-21-23-25-43-27-29(45-31(37)24-22-20-8-6-4-2)28-44-35-33(39)34(47-48(40,41)42)32(38)30(26-36)46-35/h10-11,13-14,29-30,32-36,38-39H,3-9,12,15-28H2,1-2H3,(H,40,41,42)/b11-10-,14-13-. The van der Waals surface area contributed by atoms with E-state index in [1.54, 1.807) is 0 Å². The Labute approximate surface area is 289 Å². The summed E-state index contributed by atoms with van der Waals surface area (Å²) in [5, 5.41) is 30.3. The summed E-state index contributed by atoms with van der Waals surface area (Å²) in [5.74, 6) is -0.418. The lowest BCUT2D eigenvalue weighted by Crippen LogP contribution is -2.60. The zero-order chi connectivity index (χ0) is 35.5. The van der Waals surface area contributed by atoms with E-state index >= 15 is 0 Å². The van der Waals surface area contributed by atoms with Crippen molar-refractivity contribution < 1.29 is 56.2 Å². The number of hydrogen-bond donors (Lipinski definition) is 4. The molecule has 0 aromatic heterocycles. The highest BCUT2D eigenvalue weighted by Gasteiger charge is 2.48. The van der Waals surface area contributed by atoms with Gasteiger partial charge in [-0.3, -0.25) is 9.35 Å². The third kappa shape index (κ3) is 22.3. The molecule has 6 unspecified atom stereocenters. The Morgan fingerprint density at radius 3 is 2.02 bits per heavy atom. The molecule has 0 bridgehead atoms. The van der Waals surface area contributed by atoms with Gasteiger partial charge >= 0.3 is 16.4 Å². The summed E-state index contributed by atoms with van der Waals surface area (Å²) in [6.07, 6.45) is 18.5. The van der Waals surface area contributed by atoms with Gasteiger partial charge in [-0.15, -0.1) is 0 Å². The molecule has 1 aliphatic heterocycles. The Morgan fingerprint density at radius 2 is 1.38 bits per heavy atom. The van der Waals surface area contributed by atoms with Gasteiger partial charge in [-0.05, 0) is 44.9 Å². The maximum Gasteiger partial charge on any atom is 0.397 e. The minimum absolute atomic E-state index is 0.0294. The lowest BCUT2D eigenvalue weighted by molar-refractivity contribution is -0.301. The Bertz CT molecular complexity index is 957. The van der Waals surface area contributed by atoms with Gasteiger partial charge in [0.15, 0.2) is 6.29 Å². The van der Waals surface area contributed by atoms with E-state index < -0.39 is 59.8 Å². The molecule has 1 fully saturated rings. The monoisotopic (exact) mass is 708 g/mol. The summed E-state index contributed by atoms with van der Waals surface area (Å²) < 4.78 is 58.4. The Balaban J connectivity index is 2.45. The molecular weight excluding hydrogens is 644 g/mol. The fourth-order valence-corrected chi connectivity index (χ4v) is 5.80. The molecule has 0 saturated carbocycles. The lowest BCUT2D eigenvalue weighted by Gasteiger charge is -2.41. The number of aliphatic hydroxyl groups excluding tert-OH is 3. The van der Waals surface area contributed by atoms with Gasteiger partial charge < -0.3 is 34.3 Å². The molecule has 282 valence electrons. The number of allylic oxidation sites excluding steroid dienone is 4. The van der Waals surface area contributed by atoms with Crippen molar-refractivity contribution in [1.82, 2.24) is 0 Å². The Hall–Kier alpha value is -1.42. The van der Waals surface area contributed by atoms with Crippen molar-refractivity contribution in [3.63, 3.8) is 0 Å². The second-order valence-electron chi connectivity index (χ2n) is 12.5. The average molecular weight is 709 g/mol. The van der Waals surface area contributed by atoms with Crippen LogP contribution in [0.3, 0.4) is 0 Å². The summed E-state index contributed by atoms with van der Waals surface area (Å²) in [7, 11) is -5.05. The van der Waals surface area contributed by atoms with Crippen LogP contribution < -0.4 is 0 Å². The van der Waals surface area contributed by atoms with E-state index in [0.29, 0.717) is 13.0 Å². The van der Waals surface area contributed by atoms with Crippen molar-refractivity contribution in [3.8, 4) is 0 Å². The maximum atomic E-state index is 12.5. The van der Waals surface area contributed by atoms with Crippen molar-refractivity contribution in [2.45, 2.75) is 166 Å². The van der Waals surface area contributed by atoms with Crippen molar-refractivity contribution in [2.24, 2.45) is 0 Å². The zero-order valence-electron chi connectivity index (χ0n) is 29.3. The second kappa shape index (κ2) is 28.3. The largest absolute Gasteiger partial charge is 0.457 e. The van der Waals surface area contributed by atoms with E-state index in [4.69, 9.17) is 23.5 Å². The van der Waals surface area contributed by atoms with E-state index in [-0.39, 0.29) is 19.6 Å². The predicted octanol–water partition coefficient (Wildman–Crippen LogP) is 5.73. The molecule has 0 aromatic carbocycles. The minimum atomic E-state index is -5.05. The molecule has 0 spiro atoms. The van der Waals surface area contributed by atoms with E-state index in [1.807, 2.05) is 0 Å². The molecule has 1 rings (SSSR count).